The van der Waals surface area contributed by atoms with Gasteiger partial charge in [-0.25, -0.2) is 21.6 Å². The van der Waals surface area contributed by atoms with Crippen molar-refractivity contribution < 1.29 is 31.0 Å². The minimum atomic E-state index is -4.00. The number of piperazine rings is 1. The standard InChI is InChI=1S/C21H29N3O7S2/c1-29-17-8-9-20(31-3)21(16-17)33(27,28)22-10-15-32(25,26)24-13-11-23(12-14-24)18-6-4-5-7-19(18)30-2/h4-9,16,22H,10-15H2,1-3H3. The van der Waals surface area contributed by atoms with Gasteiger partial charge >= 0.3 is 0 Å². The highest BCUT2D eigenvalue weighted by Crippen LogP contribution is 2.29. The number of nitrogens with zero attached hydrogens (tertiary/aromatic N) is 2. The van der Waals surface area contributed by atoms with Crippen molar-refractivity contribution in [3.8, 4) is 17.2 Å². The Labute approximate surface area is 195 Å². The van der Waals surface area contributed by atoms with Crippen molar-refractivity contribution in [1.29, 1.82) is 0 Å². The zero-order chi connectivity index (χ0) is 24.1. The molecule has 1 N–H and O–H groups in total. The molecule has 0 radical (unpaired) electrons. The fourth-order valence-electron chi connectivity index (χ4n) is 3.60. The van der Waals surface area contributed by atoms with E-state index >= 15 is 0 Å². The summed E-state index contributed by atoms with van der Waals surface area (Å²) in [6, 6.07) is 12.0. The first-order valence-electron chi connectivity index (χ1n) is 10.3. The Hall–Kier alpha value is -2.54. The summed E-state index contributed by atoms with van der Waals surface area (Å²) in [6.45, 7) is 1.35. The summed E-state index contributed by atoms with van der Waals surface area (Å²) < 4.78 is 70.4. The van der Waals surface area contributed by atoms with E-state index in [1.807, 2.05) is 24.3 Å². The second-order valence-corrected chi connectivity index (χ2v) is 11.1. The maximum Gasteiger partial charge on any atom is 0.244 e. The summed E-state index contributed by atoms with van der Waals surface area (Å²) >= 11 is 0. The summed E-state index contributed by atoms with van der Waals surface area (Å²) in [7, 11) is -3.27. The molecule has 0 bridgehead atoms. The minimum Gasteiger partial charge on any atom is -0.497 e. The molecule has 1 fully saturated rings. The van der Waals surface area contributed by atoms with E-state index in [2.05, 4.69) is 9.62 Å². The zero-order valence-corrected chi connectivity index (χ0v) is 20.5. The third kappa shape index (κ3) is 5.88. The summed E-state index contributed by atoms with van der Waals surface area (Å²) in [5.41, 5.74) is 0.914. The van der Waals surface area contributed by atoms with Crippen molar-refractivity contribution in [2.24, 2.45) is 0 Å². The molecular formula is C21H29N3O7S2. The first-order valence-corrected chi connectivity index (χ1v) is 13.4. The van der Waals surface area contributed by atoms with Crippen LogP contribution < -0.4 is 23.8 Å². The molecule has 1 aliphatic rings. The number of ether oxygens (including phenoxy) is 3. The molecule has 0 spiro atoms. The number of sulfonamides is 2. The van der Waals surface area contributed by atoms with Gasteiger partial charge in [-0.05, 0) is 24.3 Å². The van der Waals surface area contributed by atoms with E-state index in [-0.39, 0.29) is 22.9 Å². The molecule has 1 saturated heterocycles. The molecule has 2 aromatic carbocycles. The predicted octanol–water partition coefficient (Wildman–Crippen LogP) is 1.14. The Bertz CT molecular complexity index is 1160. The van der Waals surface area contributed by atoms with Crippen molar-refractivity contribution in [1.82, 2.24) is 9.03 Å². The number of hydrogen-bond acceptors (Lipinski definition) is 8. The molecule has 0 aromatic heterocycles. The normalized spacial score (nSPS) is 15.3. The van der Waals surface area contributed by atoms with Gasteiger partial charge in [-0.15, -0.1) is 0 Å². The highest BCUT2D eigenvalue weighted by molar-refractivity contribution is 7.90. The second-order valence-electron chi connectivity index (χ2n) is 7.29. The van der Waals surface area contributed by atoms with Crippen LogP contribution in [0.2, 0.25) is 0 Å². The van der Waals surface area contributed by atoms with Crippen LogP contribution in [0.3, 0.4) is 0 Å². The monoisotopic (exact) mass is 499 g/mol. The van der Waals surface area contributed by atoms with Crippen LogP contribution in [-0.2, 0) is 20.0 Å². The Morgan fingerprint density at radius 2 is 1.52 bits per heavy atom. The molecule has 1 heterocycles. The van der Waals surface area contributed by atoms with Crippen LogP contribution in [0.1, 0.15) is 0 Å². The molecule has 12 heteroatoms. The summed E-state index contributed by atoms with van der Waals surface area (Å²) in [5, 5.41) is 0. The van der Waals surface area contributed by atoms with Gasteiger partial charge in [0, 0.05) is 38.8 Å². The van der Waals surface area contributed by atoms with Crippen LogP contribution in [0.15, 0.2) is 47.4 Å². The fourth-order valence-corrected chi connectivity index (χ4v) is 6.28. The van der Waals surface area contributed by atoms with Gasteiger partial charge in [-0.1, -0.05) is 12.1 Å². The largest absolute Gasteiger partial charge is 0.497 e. The van der Waals surface area contributed by atoms with Gasteiger partial charge in [-0.3, -0.25) is 0 Å². The summed E-state index contributed by atoms with van der Waals surface area (Å²) in [4.78, 5) is 1.95. The molecule has 1 aliphatic heterocycles. The van der Waals surface area contributed by atoms with Gasteiger partial charge in [0.05, 0.1) is 32.8 Å². The molecule has 2 aromatic rings. The van der Waals surface area contributed by atoms with Gasteiger partial charge in [0.15, 0.2) is 0 Å². The van der Waals surface area contributed by atoms with Crippen LogP contribution in [0, 0.1) is 0 Å². The van der Waals surface area contributed by atoms with E-state index in [0.29, 0.717) is 31.9 Å². The van der Waals surface area contributed by atoms with Crippen molar-refractivity contribution in [3.63, 3.8) is 0 Å². The van der Waals surface area contributed by atoms with E-state index < -0.39 is 20.0 Å². The van der Waals surface area contributed by atoms with Crippen LogP contribution in [-0.4, -0.2) is 80.9 Å². The summed E-state index contributed by atoms with van der Waals surface area (Å²) in [6.07, 6.45) is 0. The molecule has 0 aliphatic carbocycles. The zero-order valence-electron chi connectivity index (χ0n) is 18.9. The van der Waals surface area contributed by atoms with Gasteiger partial charge in [-0.2, -0.15) is 4.31 Å². The molecule has 3 rings (SSSR count). The van der Waals surface area contributed by atoms with Crippen LogP contribution in [0.25, 0.3) is 0 Å². The lowest BCUT2D eigenvalue weighted by Crippen LogP contribution is -2.50. The van der Waals surface area contributed by atoms with E-state index in [0.717, 1.165) is 11.4 Å². The molecule has 0 atom stereocenters. The third-order valence-corrected chi connectivity index (χ3v) is 8.72. The smallest absolute Gasteiger partial charge is 0.244 e. The lowest BCUT2D eigenvalue weighted by molar-refractivity contribution is 0.378. The first kappa shape index (κ1) is 25.1. The maximum absolute atomic E-state index is 12.8. The van der Waals surface area contributed by atoms with Gasteiger partial charge in [0.2, 0.25) is 20.0 Å². The van der Waals surface area contributed by atoms with Crippen LogP contribution in [0.4, 0.5) is 5.69 Å². The average molecular weight is 500 g/mol. The molecule has 10 nitrogen and oxygen atoms in total. The topological polar surface area (TPSA) is 114 Å². The van der Waals surface area contributed by atoms with E-state index in [1.165, 1.54) is 30.7 Å². The lowest BCUT2D eigenvalue weighted by Gasteiger charge is -2.36. The Balaban J connectivity index is 1.60. The number of nitrogens with one attached hydrogen (secondary N) is 1. The molecule has 33 heavy (non-hydrogen) atoms. The number of para-hydroxylation sites is 2. The number of rotatable bonds is 10. The number of methoxy groups -OCH3 is 3. The Morgan fingerprint density at radius 1 is 0.848 bits per heavy atom. The quantitative estimate of drug-likeness (QED) is 0.518. The van der Waals surface area contributed by atoms with Gasteiger partial charge < -0.3 is 19.1 Å². The molecular weight excluding hydrogens is 470 g/mol. The van der Waals surface area contributed by atoms with Crippen molar-refractivity contribution in [2.45, 2.75) is 4.90 Å². The predicted molar refractivity (Wildman–Crippen MR) is 125 cm³/mol. The van der Waals surface area contributed by atoms with Crippen molar-refractivity contribution in [3.05, 3.63) is 42.5 Å². The SMILES string of the molecule is COc1ccc(OC)c(S(=O)(=O)NCCS(=O)(=O)N2CCN(c3ccccc3OC)CC2)c1. The van der Waals surface area contributed by atoms with E-state index in [1.54, 1.807) is 13.2 Å². The highest BCUT2D eigenvalue weighted by Gasteiger charge is 2.28. The summed E-state index contributed by atoms with van der Waals surface area (Å²) in [5.74, 6) is 0.860. The van der Waals surface area contributed by atoms with Gasteiger partial charge in [0.25, 0.3) is 0 Å². The van der Waals surface area contributed by atoms with E-state index in [4.69, 9.17) is 14.2 Å². The van der Waals surface area contributed by atoms with Crippen molar-refractivity contribution >= 4 is 25.7 Å². The Kier molecular flexibility index (Phi) is 8.05. The molecule has 0 amide bonds. The van der Waals surface area contributed by atoms with E-state index in [9.17, 15) is 16.8 Å². The molecule has 182 valence electrons. The van der Waals surface area contributed by atoms with Crippen LogP contribution in [0.5, 0.6) is 17.2 Å². The molecule has 0 saturated carbocycles. The van der Waals surface area contributed by atoms with Crippen molar-refractivity contribution in [2.75, 3.05) is 64.7 Å². The van der Waals surface area contributed by atoms with Crippen LogP contribution >= 0.6 is 0 Å². The first-order chi connectivity index (χ1) is 15.7. The highest BCUT2D eigenvalue weighted by atomic mass is 32.2. The fraction of sp³-hybridized carbons (Fsp3) is 0.429. The number of hydrogen-bond donors (Lipinski definition) is 1. The lowest BCUT2D eigenvalue weighted by atomic mass is 10.2. The minimum absolute atomic E-state index is 0.118. The number of benzene rings is 2. The third-order valence-electron chi connectivity index (χ3n) is 5.37. The maximum atomic E-state index is 12.8. The molecule has 0 unspecified atom stereocenters. The van der Waals surface area contributed by atoms with Gasteiger partial charge in [0.1, 0.15) is 22.1 Å². The number of anilines is 1. The second kappa shape index (κ2) is 10.6. The average Bonchev–Trinajstić information content (AvgIpc) is 2.83. The Morgan fingerprint density at radius 3 is 2.15 bits per heavy atom.